The summed E-state index contributed by atoms with van der Waals surface area (Å²) in [4.78, 5) is 15.5. The Morgan fingerprint density at radius 1 is 1.05 bits per heavy atom. The van der Waals surface area contributed by atoms with E-state index in [1.807, 2.05) is 0 Å². The first-order valence-corrected chi connectivity index (χ1v) is 6.00. The zero-order chi connectivity index (χ0) is 15.0. The summed E-state index contributed by atoms with van der Waals surface area (Å²) < 4.78 is 42.4. The zero-order valence-electron chi connectivity index (χ0n) is 10.5. The number of hydrogen-bond acceptors (Lipinski definition) is 3. The maximum atomic E-state index is 12.4. The summed E-state index contributed by atoms with van der Waals surface area (Å²) in [5.74, 6) is -0.390. The van der Waals surface area contributed by atoms with Crippen molar-refractivity contribution in [1.29, 1.82) is 0 Å². The van der Waals surface area contributed by atoms with Crippen LogP contribution in [-0.4, -0.2) is 10.8 Å². The van der Waals surface area contributed by atoms with Gasteiger partial charge in [-0.15, -0.1) is 0 Å². The molecule has 0 N–H and O–H groups in total. The molecule has 0 saturated heterocycles. The quantitative estimate of drug-likeness (QED) is 0.668. The van der Waals surface area contributed by atoms with Gasteiger partial charge in [0.2, 0.25) is 0 Å². The van der Waals surface area contributed by atoms with Crippen LogP contribution in [0.2, 0.25) is 0 Å². The number of rotatable bonds is 2. The number of halogens is 3. The van der Waals surface area contributed by atoms with Crippen LogP contribution in [0.25, 0.3) is 11.0 Å². The molecule has 0 bridgehead atoms. The van der Waals surface area contributed by atoms with Gasteiger partial charge >= 0.3 is 6.18 Å². The zero-order valence-corrected chi connectivity index (χ0v) is 10.5. The van der Waals surface area contributed by atoms with E-state index >= 15 is 0 Å². The smallest absolute Gasteiger partial charge is 0.433 e. The standard InChI is InChI=1S/C15H8F3NO2/c16-15(17,18)13-4-2-11(8-19-13)14(20)10-1-3-12-9(7-10)5-6-21-12/h1-8H. The fourth-order valence-electron chi connectivity index (χ4n) is 1.97. The lowest BCUT2D eigenvalue weighted by Crippen LogP contribution is -2.09. The molecule has 3 aromatic rings. The number of ketones is 1. The number of benzene rings is 1. The fraction of sp³-hybridized carbons (Fsp3) is 0.0667. The van der Waals surface area contributed by atoms with Gasteiger partial charge in [-0.3, -0.25) is 9.78 Å². The Kier molecular flexibility index (Phi) is 3.01. The van der Waals surface area contributed by atoms with E-state index in [1.165, 1.54) is 6.26 Å². The third kappa shape index (κ3) is 2.52. The number of fused-ring (bicyclic) bond motifs is 1. The SMILES string of the molecule is O=C(c1ccc(C(F)(F)F)nc1)c1ccc2occc2c1. The molecule has 0 saturated carbocycles. The molecule has 0 aliphatic heterocycles. The molecule has 0 amide bonds. The van der Waals surface area contributed by atoms with Gasteiger partial charge in [0.05, 0.1) is 6.26 Å². The van der Waals surface area contributed by atoms with Crippen molar-refractivity contribution in [1.82, 2.24) is 4.98 Å². The van der Waals surface area contributed by atoms with Crippen LogP contribution >= 0.6 is 0 Å². The Hall–Kier alpha value is -2.63. The van der Waals surface area contributed by atoms with Gasteiger partial charge in [-0.25, -0.2) is 0 Å². The van der Waals surface area contributed by atoms with Crippen LogP contribution in [0.4, 0.5) is 13.2 Å². The Labute approximate surface area is 117 Å². The Bertz CT molecular complexity index is 804. The second kappa shape index (κ2) is 4.73. The molecular weight excluding hydrogens is 283 g/mol. The molecule has 106 valence electrons. The molecule has 0 aliphatic rings. The van der Waals surface area contributed by atoms with E-state index in [2.05, 4.69) is 4.98 Å². The number of nitrogens with zero attached hydrogens (tertiary/aromatic N) is 1. The van der Waals surface area contributed by atoms with Crippen LogP contribution in [0.1, 0.15) is 21.6 Å². The molecule has 3 rings (SSSR count). The number of carbonyl (C=O) groups excluding carboxylic acids is 1. The summed E-state index contributed by atoms with van der Waals surface area (Å²) in [6.07, 6.45) is -2.08. The minimum atomic E-state index is -4.52. The summed E-state index contributed by atoms with van der Waals surface area (Å²) in [6, 6.07) is 8.45. The predicted molar refractivity (Wildman–Crippen MR) is 68.9 cm³/mol. The molecular formula is C15H8F3NO2. The van der Waals surface area contributed by atoms with Gasteiger partial charge in [0.25, 0.3) is 0 Å². The summed E-state index contributed by atoms with van der Waals surface area (Å²) in [6.45, 7) is 0. The van der Waals surface area contributed by atoms with Crippen molar-refractivity contribution in [3.8, 4) is 0 Å². The highest BCUT2D eigenvalue weighted by Gasteiger charge is 2.32. The average Bonchev–Trinajstić information content (AvgIpc) is 2.93. The second-order valence-corrected chi connectivity index (χ2v) is 4.43. The molecule has 21 heavy (non-hydrogen) atoms. The van der Waals surface area contributed by atoms with E-state index in [9.17, 15) is 18.0 Å². The average molecular weight is 291 g/mol. The number of carbonyl (C=O) groups is 1. The maximum Gasteiger partial charge on any atom is 0.433 e. The minimum Gasteiger partial charge on any atom is -0.464 e. The first kappa shape index (κ1) is 13.4. The highest BCUT2D eigenvalue weighted by Crippen LogP contribution is 2.27. The third-order valence-corrected chi connectivity index (χ3v) is 3.03. The molecule has 2 heterocycles. The van der Waals surface area contributed by atoms with Gasteiger partial charge in [-0.2, -0.15) is 13.2 Å². The molecule has 0 aliphatic carbocycles. The van der Waals surface area contributed by atoms with Crippen molar-refractivity contribution in [3.63, 3.8) is 0 Å². The van der Waals surface area contributed by atoms with E-state index in [1.54, 1.807) is 24.3 Å². The van der Waals surface area contributed by atoms with Crippen LogP contribution in [0, 0.1) is 0 Å². The van der Waals surface area contributed by atoms with E-state index in [0.29, 0.717) is 11.1 Å². The Morgan fingerprint density at radius 3 is 2.48 bits per heavy atom. The van der Waals surface area contributed by atoms with Gasteiger partial charge < -0.3 is 4.42 Å². The summed E-state index contributed by atoms with van der Waals surface area (Å²) >= 11 is 0. The van der Waals surface area contributed by atoms with E-state index in [0.717, 1.165) is 23.7 Å². The van der Waals surface area contributed by atoms with E-state index in [4.69, 9.17) is 4.42 Å². The Morgan fingerprint density at radius 2 is 1.81 bits per heavy atom. The van der Waals surface area contributed by atoms with Gasteiger partial charge in [0.1, 0.15) is 11.3 Å². The predicted octanol–water partition coefficient (Wildman–Crippen LogP) is 4.08. The monoisotopic (exact) mass is 291 g/mol. The number of pyridine rings is 1. The molecule has 0 atom stereocenters. The summed E-state index contributed by atoms with van der Waals surface area (Å²) in [5, 5.41) is 0.751. The van der Waals surface area contributed by atoms with Crippen molar-refractivity contribution in [3.05, 3.63) is 65.7 Å². The molecule has 0 spiro atoms. The Balaban J connectivity index is 1.94. The lowest BCUT2D eigenvalue weighted by molar-refractivity contribution is -0.141. The molecule has 0 unspecified atom stereocenters. The van der Waals surface area contributed by atoms with E-state index < -0.39 is 11.9 Å². The summed E-state index contributed by atoms with van der Waals surface area (Å²) in [7, 11) is 0. The third-order valence-electron chi connectivity index (χ3n) is 3.03. The lowest BCUT2D eigenvalue weighted by Gasteiger charge is -2.06. The molecule has 0 radical (unpaired) electrons. The molecule has 1 aromatic carbocycles. The van der Waals surface area contributed by atoms with Crippen LogP contribution in [0.5, 0.6) is 0 Å². The topological polar surface area (TPSA) is 43.1 Å². The summed E-state index contributed by atoms with van der Waals surface area (Å²) in [5.41, 5.74) is 0.0812. The normalized spacial score (nSPS) is 11.8. The number of aromatic nitrogens is 1. The largest absolute Gasteiger partial charge is 0.464 e. The van der Waals surface area contributed by atoms with Crippen molar-refractivity contribution in [2.75, 3.05) is 0 Å². The van der Waals surface area contributed by atoms with Gasteiger partial charge in [-0.05, 0) is 36.4 Å². The van der Waals surface area contributed by atoms with Crippen molar-refractivity contribution in [2.24, 2.45) is 0 Å². The maximum absolute atomic E-state index is 12.4. The van der Waals surface area contributed by atoms with Crippen LogP contribution in [-0.2, 0) is 6.18 Å². The van der Waals surface area contributed by atoms with Crippen LogP contribution in [0.15, 0.2) is 53.3 Å². The lowest BCUT2D eigenvalue weighted by atomic mass is 10.0. The highest BCUT2D eigenvalue weighted by molar-refractivity contribution is 6.10. The van der Waals surface area contributed by atoms with Crippen molar-refractivity contribution in [2.45, 2.75) is 6.18 Å². The molecule has 6 heteroatoms. The fourth-order valence-corrected chi connectivity index (χ4v) is 1.97. The minimum absolute atomic E-state index is 0.103. The van der Waals surface area contributed by atoms with Crippen molar-refractivity contribution >= 4 is 16.8 Å². The van der Waals surface area contributed by atoms with Gasteiger partial charge in [-0.1, -0.05) is 0 Å². The molecule has 2 aromatic heterocycles. The van der Waals surface area contributed by atoms with Gasteiger partial charge in [0, 0.05) is 22.7 Å². The van der Waals surface area contributed by atoms with Gasteiger partial charge in [0.15, 0.2) is 5.78 Å². The molecule has 3 nitrogen and oxygen atoms in total. The highest BCUT2D eigenvalue weighted by atomic mass is 19.4. The first-order chi connectivity index (χ1) is 9.95. The first-order valence-electron chi connectivity index (χ1n) is 6.00. The van der Waals surface area contributed by atoms with Crippen molar-refractivity contribution < 1.29 is 22.4 Å². The van der Waals surface area contributed by atoms with E-state index in [-0.39, 0.29) is 11.3 Å². The number of hydrogen-bond donors (Lipinski definition) is 0. The number of furan rings is 1. The van der Waals surface area contributed by atoms with Crippen LogP contribution < -0.4 is 0 Å². The molecule has 0 fully saturated rings. The second-order valence-electron chi connectivity index (χ2n) is 4.43. The number of alkyl halides is 3. The van der Waals surface area contributed by atoms with Crippen LogP contribution in [0.3, 0.4) is 0 Å².